The van der Waals surface area contributed by atoms with Crippen LogP contribution in [0.25, 0.3) is 0 Å². The molecule has 4 aromatic rings. The minimum Gasteiger partial charge on any atom is -1.00 e. The van der Waals surface area contributed by atoms with Crippen LogP contribution in [-0.2, 0) is 13.2 Å². The van der Waals surface area contributed by atoms with Crippen molar-refractivity contribution in [1.29, 1.82) is 0 Å². The van der Waals surface area contributed by atoms with Gasteiger partial charge in [0.15, 0.2) is 12.6 Å². The summed E-state index contributed by atoms with van der Waals surface area (Å²) in [5.41, 5.74) is 3.36. The second kappa shape index (κ2) is 13.1. The lowest BCUT2D eigenvalue weighted by molar-refractivity contribution is -0.597. The van der Waals surface area contributed by atoms with Crippen LogP contribution in [-0.4, -0.2) is 12.6 Å². The van der Waals surface area contributed by atoms with E-state index in [0.29, 0.717) is 35.8 Å². The third-order valence-corrected chi connectivity index (χ3v) is 7.93. The number of hydrogen-bond acceptors (Lipinski definition) is 4. The van der Waals surface area contributed by atoms with E-state index in [0.717, 1.165) is 30.8 Å². The van der Waals surface area contributed by atoms with Crippen LogP contribution < -0.4 is 47.7 Å². The number of ether oxygens (including phenoxy) is 2. The van der Waals surface area contributed by atoms with E-state index in [1.807, 2.05) is 72.8 Å². The summed E-state index contributed by atoms with van der Waals surface area (Å²) < 4.78 is 13.7. The molecular formula is C28H22BrIO4. The van der Waals surface area contributed by atoms with Crippen LogP contribution in [0, 0.1) is 7.14 Å². The molecule has 172 valence electrons. The lowest BCUT2D eigenvalue weighted by Crippen LogP contribution is -3.62. The number of halogens is 2. The summed E-state index contributed by atoms with van der Waals surface area (Å²) in [6.07, 6.45) is 1.71. The maximum atomic E-state index is 11.7. The van der Waals surface area contributed by atoms with E-state index in [2.05, 4.69) is 0 Å². The first kappa shape index (κ1) is 25.6. The summed E-state index contributed by atoms with van der Waals surface area (Å²) in [4.78, 5) is 23.3. The third kappa shape index (κ3) is 7.01. The molecule has 6 heteroatoms. The van der Waals surface area contributed by atoms with Crippen LogP contribution in [0.5, 0.6) is 11.5 Å². The summed E-state index contributed by atoms with van der Waals surface area (Å²) >= 11 is -0.817. The van der Waals surface area contributed by atoms with Crippen LogP contribution in [0.4, 0.5) is 0 Å². The molecular weight excluding hydrogens is 607 g/mol. The average molecular weight is 629 g/mol. The largest absolute Gasteiger partial charge is 1.00 e. The molecule has 4 nitrogen and oxygen atoms in total. The molecule has 0 amide bonds. The molecule has 0 aliphatic rings. The molecule has 0 saturated heterocycles. The molecule has 0 aliphatic heterocycles. The number of hydrogen-bond donors (Lipinski definition) is 0. The highest BCUT2D eigenvalue weighted by Crippen LogP contribution is 2.16. The molecule has 4 rings (SSSR count). The van der Waals surface area contributed by atoms with Crippen molar-refractivity contribution in [1.82, 2.24) is 0 Å². The SMILES string of the molecule is O=Cc1ccc(OCc2ccccc2)cc1[I+]c1cc(OCc2ccccc2)ccc1C=O.[Br-]. The first-order valence-electron chi connectivity index (χ1n) is 10.4. The van der Waals surface area contributed by atoms with Gasteiger partial charge in [-0.15, -0.1) is 0 Å². The molecule has 0 saturated carbocycles. The molecule has 0 unspecified atom stereocenters. The lowest BCUT2D eigenvalue weighted by atomic mass is 10.2. The van der Waals surface area contributed by atoms with Crippen LogP contribution in [0.2, 0.25) is 0 Å². The Hall–Kier alpha value is -2.97. The molecule has 0 atom stereocenters. The highest BCUT2D eigenvalue weighted by Gasteiger charge is 2.25. The number of carbonyl (C=O) groups is 2. The topological polar surface area (TPSA) is 52.6 Å². The van der Waals surface area contributed by atoms with E-state index in [1.165, 1.54) is 0 Å². The van der Waals surface area contributed by atoms with Crippen molar-refractivity contribution < 1.29 is 57.2 Å². The lowest BCUT2D eigenvalue weighted by Gasteiger charge is -2.07. The summed E-state index contributed by atoms with van der Waals surface area (Å²) in [5.74, 6) is 1.39. The van der Waals surface area contributed by atoms with Gasteiger partial charge in [-0.2, -0.15) is 0 Å². The number of carbonyl (C=O) groups excluding carboxylic acids is 2. The Labute approximate surface area is 220 Å². The monoisotopic (exact) mass is 628 g/mol. The smallest absolute Gasteiger partial charge is 0.359 e. The molecule has 0 aliphatic carbocycles. The average Bonchev–Trinajstić information content (AvgIpc) is 2.88. The molecule has 0 heterocycles. The molecule has 4 aromatic carbocycles. The number of aldehydes is 2. The van der Waals surface area contributed by atoms with Crippen molar-refractivity contribution in [2.24, 2.45) is 0 Å². The molecule has 0 spiro atoms. The highest BCUT2D eigenvalue weighted by atomic mass is 127. The van der Waals surface area contributed by atoms with Crippen molar-refractivity contribution in [2.75, 3.05) is 0 Å². The van der Waals surface area contributed by atoms with Crippen molar-refractivity contribution in [2.45, 2.75) is 13.2 Å². The van der Waals surface area contributed by atoms with Crippen molar-refractivity contribution in [3.8, 4) is 11.5 Å². The third-order valence-electron chi connectivity index (χ3n) is 4.90. The maximum absolute atomic E-state index is 11.7. The Balaban J connectivity index is 0.00000324. The zero-order valence-corrected chi connectivity index (χ0v) is 21.9. The molecule has 0 bridgehead atoms. The van der Waals surface area contributed by atoms with Crippen molar-refractivity contribution in [3.63, 3.8) is 0 Å². The van der Waals surface area contributed by atoms with Gasteiger partial charge in [0.05, 0.1) is 11.1 Å². The number of rotatable bonds is 10. The van der Waals surface area contributed by atoms with Crippen LogP contribution in [0.15, 0.2) is 97.1 Å². The molecule has 0 N–H and O–H groups in total. The van der Waals surface area contributed by atoms with Gasteiger partial charge in [-0.25, -0.2) is 0 Å². The fourth-order valence-electron chi connectivity index (χ4n) is 3.14. The van der Waals surface area contributed by atoms with E-state index < -0.39 is 21.2 Å². The number of benzene rings is 4. The standard InChI is InChI=1S/C28H22IO4.BrH/c30-17-23-11-13-25(32-19-21-7-3-1-4-8-21)15-27(23)29-28-16-26(14-12-24(28)18-31)33-20-22-9-5-2-6-10-22;/h1-18H,19-20H2;1H/q+1;/p-1. The van der Waals surface area contributed by atoms with Gasteiger partial charge in [-0.3, -0.25) is 9.59 Å². The van der Waals surface area contributed by atoms with Crippen LogP contribution >= 0.6 is 0 Å². The van der Waals surface area contributed by atoms with E-state index >= 15 is 0 Å². The normalized spacial score (nSPS) is 10.1. The molecule has 0 fully saturated rings. The zero-order chi connectivity index (χ0) is 22.9. The second-order valence-electron chi connectivity index (χ2n) is 7.25. The second-order valence-corrected chi connectivity index (χ2v) is 10.1. The first-order valence-corrected chi connectivity index (χ1v) is 12.6. The summed E-state index contributed by atoms with van der Waals surface area (Å²) in [7, 11) is 0. The zero-order valence-electron chi connectivity index (χ0n) is 18.2. The maximum Gasteiger partial charge on any atom is 0.359 e. The van der Waals surface area contributed by atoms with Gasteiger partial charge >= 0.3 is 21.2 Å². The summed E-state index contributed by atoms with van der Waals surface area (Å²) in [6, 6.07) is 30.8. The van der Waals surface area contributed by atoms with E-state index in [4.69, 9.17) is 9.47 Å². The van der Waals surface area contributed by atoms with Gasteiger partial charge in [-0.05, 0) is 35.4 Å². The fraction of sp³-hybridized carbons (Fsp3) is 0.0714. The van der Waals surface area contributed by atoms with Crippen LogP contribution in [0.3, 0.4) is 0 Å². The highest BCUT2D eigenvalue weighted by molar-refractivity contribution is 5.75. The Bertz CT molecular complexity index is 1130. The predicted molar refractivity (Wildman–Crippen MR) is 123 cm³/mol. The Morgan fingerprint density at radius 2 is 1.00 bits per heavy atom. The van der Waals surface area contributed by atoms with Crippen LogP contribution in [0.1, 0.15) is 31.8 Å². The molecule has 0 radical (unpaired) electrons. The Morgan fingerprint density at radius 1 is 0.588 bits per heavy atom. The minimum absolute atomic E-state index is 0. The summed E-state index contributed by atoms with van der Waals surface area (Å²) in [6.45, 7) is 0.892. The van der Waals surface area contributed by atoms with Gasteiger partial charge in [0, 0.05) is 12.1 Å². The Morgan fingerprint density at radius 3 is 1.38 bits per heavy atom. The summed E-state index contributed by atoms with van der Waals surface area (Å²) in [5, 5.41) is 0. The van der Waals surface area contributed by atoms with Crippen molar-refractivity contribution >= 4 is 12.6 Å². The van der Waals surface area contributed by atoms with E-state index in [9.17, 15) is 9.59 Å². The van der Waals surface area contributed by atoms with Gasteiger partial charge < -0.3 is 26.5 Å². The first-order chi connectivity index (χ1) is 16.2. The minimum atomic E-state index is -0.817. The van der Waals surface area contributed by atoms with Gasteiger partial charge in [-0.1, -0.05) is 60.7 Å². The van der Waals surface area contributed by atoms with Crippen molar-refractivity contribution in [3.05, 3.63) is 126 Å². The molecule has 0 aromatic heterocycles. The Kier molecular flexibility index (Phi) is 9.85. The van der Waals surface area contributed by atoms with Gasteiger partial charge in [0.2, 0.25) is 7.14 Å². The molecule has 34 heavy (non-hydrogen) atoms. The predicted octanol–water partition coefficient (Wildman–Crippen LogP) is -0.398. The fourth-order valence-corrected chi connectivity index (χ4v) is 5.93. The van der Waals surface area contributed by atoms with E-state index in [-0.39, 0.29) is 17.0 Å². The quantitative estimate of drug-likeness (QED) is 0.177. The van der Waals surface area contributed by atoms with Gasteiger partial charge in [0.25, 0.3) is 0 Å². The van der Waals surface area contributed by atoms with E-state index in [1.54, 1.807) is 24.3 Å². The van der Waals surface area contributed by atoms with Gasteiger partial charge in [0.1, 0.15) is 24.7 Å².